The van der Waals surface area contributed by atoms with Crippen LogP contribution in [-0.4, -0.2) is 15.6 Å². The molecule has 0 amide bonds. The number of hydrogen-bond donors (Lipinski definition) is 1. The molecule has 0 radical (unpaired) electrons. The van der Waals surface area contributed by atoms with Crippen LogP contribution in [0.4, 0.5) is 0 Å². The first-order valence-corrected chi connectivity index (χ1v) is 5.59. The summed E-state index contributed by atoms with van der Waals surface area (Å²) in [5, 5.41) is 10.6. The molecule has 1 saturated carbocycles. The standard InChI is InChI=1S/C12H10ClNO2/c13-9-2-1-3-10-8(9)6-11(12(15)16)14(10)7-4-5-7/h1-3,6-7H,4-5H2,(H,15,16). The fourth-order valence-electron chi connectivity index (χ4n) is 2.11. The van der Waals surface area contributed by atoms with Gasteiger partial charge >= 0.3 is 5.97 Å². The maximum atomic E-state index is 11.2. The van der Waals surface area contributed by atoms with Crippen LogP contribution in [0.25, 0.3) is 10.9 Å². The molecule has 0 saturated heterocycles. The third-order valence-electron chi connectivity index (χ3n) is 2.96. The van der Waals surface area contributed by atoms with Gasteiger partial charge in [0.1, 0.15) is 5.69 Å². The number of fused-ring (bicyclic) bond motifs is 1. The summed E-state index contributed by atoms with van der Waals surface area (Å²) < 4.78 is 1.89. The third-order valence-corrected chi connectivity index (χ3v) is 3.29. The predicted molar refractivity (Wildman–Crippen MR) is 62.2 cm³/mol. The molecule has 3 rings (SSSR count). The Morgan fingerprint density at radius 1 is 1.44 bits per heavy atom. The number of nitrogens with zero attached hydrogens (tertiary/aromatic N) is 1. The highest BCUT2D eigenvalue weighted by atomic mass is 35.5. The van der Waals surface area contributed by atoms with E-state index in [2.05, 4.69) is 0 Å². The molecular formula is C12H10ClNO2. The number of carbonyl (C=O) groups is 1. The van der Waals surface area contributed by atoms with Gasteiger partial charge in [-0.3, -0.25) is 0 Å². The number of aromatic nitrogens is 1. The van der Waals surface area contributed by atoms with E-state index in [-0.39, 0.29) is 0 Å². The molecule has 82 valence electrons. The molecule has 1 aliphatic carbocycles. The first-order valence-electron chi connectivity index (χ1n) is 5.21. The number of carboxylic acid groups (broad SMARTS) is 1. The highest BCUT2D eigenvalue weighted by Gasteiger charge is 2.29. The fourth-order valence-corrected chi connectivity index (χ4v) is 2.33. The zero-order valence-corrected chi connectivity index (χ0v) is 9.24. The summed E-state index contributed by atoms with van der Waals surface area (Å²) in [6, 6.07) is 7.56. The van der Waals surface area contributed by atoms with E-state index < -0.39 is 5.97 Å². The maximum Gasteiger partial charge on any atom is 0.352 e. The summed E-state index contributed by atoms with van der Waals surface area (Å²) in [5.74, 6) is -0.890. The maximum absolute atomic E-state index is 11.2. The summed E-state index contributed by atoms with van der Waals surface area (Å²) in [6.45, 7) is 0. The molecule has 0 unspecified atom stereocenters. The summed E-state index contributed by atoms with van der Waals surface area (Å²) >= 11 is 6.07. The third kappa shape index (κ3) is 1.32. The summed E-state index contributed by atoms with van der Waals surface area (Å²) in [7, 11) is 0. The molecule has 1 aromatic carbocycles. The molecule has 0 aliphatic heterocycles. The van der Waals surface area contributed by atoms with Gasteiger partial charge < -0.3 is 9.67 Å². The smallest absolute Gasteiger partial charge is 0.352 e. The highest BCUT2D eigenvalue weighted by molar-refractivity contribution is 6.35. The summed E-state index contributed by atoms with van der Waals surface area (Å²) in [5.41, 5.74) is 1.26. The molecule has 3 nitrogen and oxygen atoms in total. The van der Waals surface area contributed by atoms with Crippen LogP contribution in [0.1, 0.15) is 29.4 Å². The minimum Gasteiger partial charge on any atom is -0.477 e. The van der Waals surface area contributed by atoms with Gasteiger partial charge in [0.2, 0.25) is 0 Å². The average Bonchev–Trinajstić information content (AvgIpc) is 2.99. The van der Waals surface area contributed by atoms with Crippen LogP contribution in [0.2, 0.25) is 5.02 Å². The molecule has 0 spiro atoms. The molecule has 1 heterocycles. The molecule has 1 fully saturated rings. The van der Waals surface area contributed by atoms with Gasteiger partial charge in [0.25, 0.3) is 0 Å². The Labute approximate surface area is 97.2 Å². The molecular weight excluding hydrogens is 226 g/mol. The van der Waals surface area contributed by atoms with Crippen LogP contribution in [-0.2, 0) is 0 Å². The number of aromatic carboxylic acids is 1. The highest BCUT2D eigenvalue weighted by Crippen LogP contribution is 2.40. The number of rotatable bonds is 2. The van der Waals surface area contributed by atoms with E-state index in [1.54, 1.807) is 12.1 Å². The Morgan fingerprint density at radius 3 is 2.81 bits per heavy atom. The normalized spacial score (nSPS) is 15.6. The lowest BCUT2D eigenvalue weighted by Gasteiger charge is -2.05. The van der Waals surface area contributed by atoms with Crippen LogP contribution >= 0.6 is 11.6 Å². The Morgan fingerprint density at radius 2 is 2.19 bits per heavy atom. The minimum atomic E-state index is -0.890. The monoisotopic (exact) mass is 235 g/mol. The second-order valence-electron chi connectivity index (χ2n) is 4.11. The number of carboxylic acids is 1. The number of hydrogen-bond acceptors (Lipinski definition) is 1. The van der Waals surface area contributed by atoms with Crippen molar-refractivity contribution in [1.82, 2.24) is 4.57 Å². The Kier molecular flexibility index (Phi) is 1.98. The Bertz CT molecular complexity index is 584. The Balaban J connectivity index is 2.37. The van der Waals surface area contributed by atoms with Gasteiger partial charge in [0, 0.05) is 16.5 Å². The molecule has 1 aliphatic rings. The number of halogens is 1. The molecule has 1 N–H and O–H groups in total. The first kappa shape index (κ1) is 9.73. The van der Waals surface area contributed by atoms with Gasteiger partial charge in [0.05, 0.1) is 5.52 Å². The molecule has 1 aromatic heterocycles. The molecule has 0 atom stereocenters. The van der Waals surface area contributed by atoms with Crippen LogP contribution in [0, 0.1) is 0 Å². The zero-order valence-electron chi connectivity index (χ0n) is 8.48. The lowest BCUT2D eigenvalue weighted by molar-refractivity contribution is 0.0685. The molecule has 0 bridgehead atoms. The lowest BCUT2D eigenvalue weighted by atomic mass is 10.2. The van der Waals surface area contributed by atoms with Crippen LogP contribution < -0.4 is 0 Å². The van der Waals surface area contributed by atoms with Crippen molar-refractivity contribution in [2.75, 3.05) is 0 Å². The summed E-state index contributed by atoms with van der Waals surface area (Å²) in [6.07, 6.45) is 2.10. The van der Waals surface area contributed by atoms with Crippen LogP contribution in [0.15, 0.2) is 24.3 Å². The van der Waals surface area contributed by atoms with Crippen molar-refractivity contribution in [1.29, 1.82) is 0 Å². The van der Waals surface area contributed by atoms with Gasteiger partial charge in [-0.1, -0.05) is 17.7 Å². The van der Waals surface area contributed by atoms with E-state index in [0.717, 1.165) is 23.7 Å². The van der Waals surface area contributed by atoms with Crippen molar-refractivity contribution < 1.29 is 9.90 Å². The van der Waals surface area contributed by atoms with Gasteiger partial charge in [-0.15, -0.1) is 0 Å². The molecule has 4 heteroatoms. The van der Waals surface area contributed by atoms with E-state index in [9.17, 15) is 9.90 Å². The van der Waals surface area contributed by atoms with Crippen LogP contribution in [0.5, 0.6) is 0 Å². The quantitative estimate of drug-likeness (QED) is 0.868. The lowest BCUT2D eigenvalue weighted by Crippen LogP contribution is -2.06. The zero-order chi connectivity index (χ0) is 11.3. The van der Waals surface area contributed by atoms with E-state index >= 15 is 0 Å². The van der Waals surface area contributed by atoms with Crippen molar-refractivity contribution >= 4 is 28.5 Å². The SMILES string of the molecule is O=C(O)c1cc2c(Cl)cccc2n1C1CC1. The predicted octanol–water partition coefficient (Wildman–Crippen LogP) is 3.33. The van der Waals surface area contributed by atoms with Crippen molar-refractivity contribution in [2.45, 2.75) is 18.9 Å². The van der Waals surface area contributed by atoms with Crippen molar-refractivity contribution in [3.05, 3.63) is 35.0 Å². The first-order chi connectivity index (χ1) is 7.68. The Hall–Kier alpha value is -1.48. The van der Waals surface area contributed by atoms with E-state index in [1.807, 2.05) is 16.7 Å². The second-order valence-corrected chi connectivity index (χ2v) is 4.52. The largest absolute Gasteiger partial charge is 0.477 e. The average molecular weight is 236 g/mol. The van der Waals surface area contributed by atoms with Crippen molar-refractivity contribution in [3.8, 4) is 0 Å². The van der Waals surface area contributed by atoms with E-state index in [4.69, 9.17) is 11.6 Å². The van der Waals surface area contributed by atoms with E-state index in [1.165, 1.54) is 0 Å². The van der Waals surface area contributed by atoms with Gasteiger partial charge in [-0.25, -0.2) is 4.79 Å². The van der Waals surface area contributed by atoms with Crippen molar-refractivity contribution in [2.24, 2.45) is 0 Å². The molecule has 2 aromatic rings. The van der Waals surface area contributed by atoms with Gasteiger partial charge in [-0.2, -0.15) is 0 Å². The van der Waals surface area contributed by atoms with E-state index in [0.29, 0.717) is 16.8 Å². The topological polar surface area (TPSA) is 42.2 Å². The molecule has 16 heavy (non-hydrogen) atoms. The van der Waals surface area contributed by atoms with Gasteiger partial charge in [0.15, 0.2) is 0 Å². The number of benzene rings is 1. The van der Waals surface area contributed by atoms with Crippen molar-refractivity contribution in [3.63, 3.8) is 0 Å². The van der Waals surface area contributed by atoms with Gasteiger partial charge in [-0.05, 0) is 31.0 Å². The minimum absolute atomic E-state index is 0.335. The second kappa shape index (κ2) is 3.25. The summed E-state index contributed by atoms with van der Waals surface area (Å²) in [4.78, 5) is 11.2. The fraction of sp³-hybridized carbons (Fsp3) is 0.250. The van der Waals surface area contributed by atoms with Crippen LogP contribution in [0.3, 0.4) is 0 Å².